The highest BCUT2D eigenvalue weighted by Crippen LogP contribution is 2.39. The van der Waals surface area contributed by atoms with E-state index in [0.717, 1.165) is 22.4 Å². The SMILES string of the molecule is CN(C)c1ccc(-c2ccnc3c2CC(C)(C(=O)NCc2ccco2)O3)cc1. The quantitative estimate of drug-likeness (QED) is 0.738. The van der Waals surface area contributed by atoms with E-state index in [-0.39, 0.29) is 5.91 Å². The van der Waals surface area contributed by atoms with E-state index >= 15 is 0 Å². The number of hydrogen-bond acceptors (Lipinski definition) is 5. The molecule has 28 heavy (non-hydrogen) atoms. The third-order valence-corrected chi connectivity index (χ3v) is 5.03. The largest absolute Gasteiger partial charge is 0.467 e. The summed E-state index contributed by atoms with van der Waals surface area (Å²) in [5.41, 5.74) is 3.20. The van der Waals surface area contributed by atoms with Gasteiger partial charge in [-0.25, -0.2) is 4.98 Å². The van der Waals surface area contributed by atoms with E-state index < -0.39 is 5.60 Å². The number of amides is 1. The van der Waals surface area contributed by atoms with Crippen molar-refractivity contribution in [3.05, 3.63) is 66.2 Å². The van der Waals surface area contributed by atoms with E-state index in [1.807, 2.05) is 26.2 Å². The Bertz CT molecular complexity index is 981. The van der Waals surface area contributed by atoms with Gasteiger partial charge in [-0.05, 0) is 48.4 Å². The minimum Gasteiger partial charge on any atom is -0.467 e. The predicted molar refractivity (Wildman–Crippen MR) is 107 cm³/mol. The van der Waals surface area contributed by atoms with Gasteiger partial charge >= 0.3 is 0 Å². The Morgan fingerprint density at radius 3 is 2.68 bits per heavy atom. The van der Waals surface area contributed by atoms with Crippen LogP contribution in [0.15, 0.2) is 59.3 Å². The van der Waals surface area contributed by atoms with E-state index in [1.165, 1.54) is 0 Å². The number of hydrogen-bond donors (Lipinski definition) is 1. The summed E-state index contributed by atoms with van der Waals surface area (Å²) < 4.78 is 11.3. The number of pyridine rings is 1. The molecule has 4 rings (SSSR count). The van der Waals surface area contributed by atoms with Gasteiger partial charge in [-0.1, -0.05) is 12.1 Å². The molecule has 3 heterocycles. The van der Waals surface area contributed by atoms with Crippen LogP contribution in [0.2, 0.25) is 0 Å². The van der Waals surface area contributed by atoms with Crippen molar-refractivity contribution in [1.29, 1.82) is 0 Å². The van der Waals surface area contributed by atoms with Crippen LogP contribution >= 0.6 is 0 Å². The maximum absolute atomic E-state index is 12.8. The van der Waals surface area contributed by atoms with Gasteiger partial charge in [-0.15, -0.1) is 0 Å². The van der Waals surface area contributed by atoms with Crippen LogP contribution in [-0.4, -0.2) is 30.6 Å². The summed E-state index contributed by atoms with van der Waals surface area (Å²) in [6.07, 6.45) is 3.77. The van der Waals surface area contributed by atoms with Crippen molar-refractivity contribution < 1.29 is 13.9 Å². The van der Waals surface area contributed by atoms with Crippen LogP contribution in [0, 0.1) is 0 Å². The summed E-state index contributed by atoms with van der Waals surface area (Å²) in [5, 5.41) is 2.89. The molecule has 1 aliphatic rings. The van der Waals surface area contributed by atoms with Gasteiger partial charge in [-0.3, -0.25) is 4.79 Å². The Kier molecular flexibility index (Phi) is 4.55. The predicted octanol–water partition coefficient (Wildman–Crippen LogP) is 3.42. The lowest BCUT2D eigenvalue weighted by Gasteiger charge is -2.22. The standard InChI is InChI=1S/C22H23N3O3/c1-22(21(26)24-14-17-5-4-12-27-17)13-19-18(10-11-23-20(19)28-22)15-6-8-16(9-7-15)25(2)3/h4-12H,13-14H2,1-3H3,(H,24,26). The van der Waals surface area contributed by atoms with E-state index in [2.05, 4.69) is 39.5 Å². The molecule has 6 heteroatoms. The average Bonchev–Trinajstić information content (AvgIpc) is 3.33. The Hall–Kier alpha value is -3.28. The van der Waals surface area contributed by atoms with Crippen LogP contribution in [0.1, 0.15) is 18.2 Å². The van der Waals surface area contributed by atoms with Crippen molar-refractivity contribution in [2.45, 2.75) is 25.5 Å². The van der Waals surface area contributed by atoms with Crippen LogP contribution in [0.5, 0.6) is 5.88 Å². The topological polar surface area (TPSA) is 67.6 Å². The normalized spacial score (nSPS) is 17.7. The molecule has 0 fully saturated rings. The highest BCUT2D eigenvalue weighted by Gasteiger charge is 2.43. The Morgan fingerprint density at radius 2 is 2.00 bits per heavy atom. The molecule has 0 radical (unpaired) electrons. The second kappa shape index (κ2) is 7.03. The zero-order valence-corrected chi connectivity index (χ0v) is 16.2. The lowest BCUT2D eigenvalue weighted by atomic mass is 9.93. The van der Waals surface area contributed by atoms with Gasteiger partial charge < -0.3 is 19.4 Å². The highest BCUT2D eigenvalue weighted by atomic mass is 16.5. The van der Waals surface area contributed by atoms with Gasteiger partial charge in [0.1, 0.15) is 5.76 Å². The first-order valence-electron chi connectivity index (χ1n) is 9.21. The third kappa shape index (κ3) is 3.33. The van der Waals surface area contributed by atoms with Crippen molar-refractivity contribution in [3.8, 4) is 17.0 Å². The molecule has 0 aliphatic carbocycles. The minimum absolute atomic E-state index is 0.184. The van der Waals surface area contributed by atoms with E-state index in [0.29, 0.717) is 24.6 Å². The molecule has 1 N–H and O–H groups in total. The number of ether oxygens (including phenoxy) is 1. The first-order chi connectivity index (χ1) is 13.5. The summed E-state index contributed by atoms with van der Waals surface area (Å²) >= 11 is 0. The van der Waals surface area contributed by atoms with Gasteiger partial charge in [0.15, 0.2) is 5.60 Å². The zero-order valence-electron chi connectivity index (χ0n) is 16.2. The lowest BCUT2D eigenvalue weighted by molar-refractivity contribution is -0.134. The molecule has 1 unspecified atom stereocenters. The number of benzene rings is 1. The van der Waals surface area contributed by atoms with Gasteiger partial charge in [0.25, 0.3) is 5.91 Å². The molecular formula is C22H23N3O3. The number of carbonyl (C=O) groups excluding carboxylic acids is 1. The zero-order chi connectivity index (χ0) is 19.7. The van der Waals surface area contributed by atoms with Crippen molar-refractivity contribution >= 4 is 11.6 Å². The minimum atomic E-state index is -0.998. The van der Waals surface area contributed by atoms with Crippen molar-refractivity contribution in [2.24, 2.45) is 0 Å². The Labute approximate surface area is 164 Å². The fourth-order valence-corrected chi connectivity index (χ4v) is 3.42. The molecule has 0 bridgehead atoms. The van der Waals surface area contributed by atoms with E-state index in [4.69, 9.17) is 9.15 Å². The third-order valence-electron chi connectivity index (χ3n) is 5.03. The maximum atomic E-state index is 12.8. The van der Waals surface area contributed by atoms with Crippen LogP contribution in [0.4, 0.5) is 5.69 Å². The van der Waals surface area contributed by atoms with Crippen molar-refractivity contribution in [2.75, 3.05) is 19.0 Å². The Balaban J connectivity index is 1.56. The molecule has 1 aliphatic heterocycles. The van der Waals surface area contributed by atoms with Crippen LogP contribution in [0.3, 0.4) is 0 Å². The van der Waals surface area contributed by atoms with Crippen molar-refractivity contribution in [1.82, 2.24) is 10.3 Å². The molecule has 0 spiro atoms. The molecule has 1 aromatic carbocycles. The fourth-order valence-electron chi connectivity index (χ4n) is 3.42. The number of carbonyl (C=O) groups is 1. The number of furan rings is 1. The van der Waals surface area contributed by atoms with Crippen LogP contribution < -0.4 is 15.0 Å². The molecule has 0 saturated carbocycles. The number of nitrogens with one attached hydrogen (secondary N) is 1. The molecule has 3 aromatic rings. The van der Waals surface area contributed by atoms with Gasteiger partial charge in [0, 0.05) is 38.0 Å². The Morgan fingerprint density at radius 1 is 1.21 bits per heavy atom. The number of aromatic nitrogens is 1. The second-order valence-electron chi connectivity index (χ2n) is 7.36. The molecule has 2 aromatic heterocycles. The summed E-state index contributed by atoms with van der Waals surface area (Å²) in [4.78, 5) is 19.2. The van der Waals surface area contributed by atoms with Crippen molar-refractivity contribution in [3.63, 3.8) is 0 Å². The first-order valence-corrected chi connectivity index (χ1v) is 9.21. The van der Waals surface area contributed by atoms with Gasteiger partial charge in [0.2, 0.25) is 5.88 Å². The molecule has 0 saturated heterocycles. The maximum Gasteiger partial charge on any atom is 0.264 e. The number of rotatable bonds is 5. The highest BCUT2D eigenvalue weighted by molar-refractivity contribution is 5.87. The number of fused-ring (bicyclic) bond motifs is 1. The van der Waals surface area contributed by atoms with Gasteiger partial charge in [-0.2, -0.15) is 0 Å². The summed E-state index contributed by atoms with van der Waals surface area (Å²) in [5.74, 6) is 1.04. The number of nitrogens with zero attached hydrogens (tertiary/aromatic N) is 2. The van der Waals surface area contributed by atoms with Crippen LogP contribution in [-0.2, 0) is 17.8 Å². The molecule has 1 amide bonds. The lowest BCUT2D eigenvalue weighted by Crippen LogP contribution is -2.47. The number of anilines is 1. The monoisotopic (exact) mass is 377 g/mol. The smallest absolute Gasteiger partial charge is 0.264 e. The van der Waals surface area contributed by atoms with Crippen LogP contribution in [0.25, 0.3) is 11.1 Å². The first kappa shape index (κ1) is 18.1. The summed E-state index contributed by atoms with van der Waals surface area (Å²) in [6.45, 7) is 2.12. The average molecular weight is 377 g/mol. The summed E-state index contributed by atoms with van der Waals surface area (Å²) in [7, 11) is 4.03. The fraction of sp³-hybridized carbons (Fsp3) is 0.273. The molecular weight excluding hydrogens is 354 g/mol. The summed E-state index contributed by atoms with van der Waals surface area (Å²) in [6, 6.07) is 13.9. The molecule has 1 atom stereocenters. The second-order valence-corrected chi connectivity index (χ2v) is 7.36. The molecule has 144 valence electrons. The van der Waals surface area contributed by atoms with E-state index in [9.17, 15) is 4.79 Å². The van der Waals surface area contributed by atoms with Gasteiger partial charge in [0.05, 0.1) is 12.8 Å². The molecule has 6 nitrogen and oxygen atoms in total. The van der Waals surface area contributed by atoms with E-state index in [1.54, 1.807) is 25.5 Å².